The minimum absolute atomic E-state index is 0.0340. The highest BCUT2D eigenvalue weighted by Crippen LogP contribution is 2.39. The number of nitrogens with one attached hydrogen (secondary N) is 1. The minimum atomic E-state index is -0.430. The first-order valence-corrected chi connectivity index (χ1v) is 8.53. The molecule has 1 aromatic heterocycles. The van der Waals surface area contributed by atoms with Crippen LogP contribution in [0.4, 0.5) is 0 Å². The number of amides is 1. The molecule has 120 valence electrons. The summed E-state index contributed by atoms with van der Waals surface area (Å²) in [5, 5.41) is 2.70. The maximum Gasteiger partial charge on any atom is 0.348 e. The molecule has 0 unspecified atom stereocenters. The SMILES string of the molecule is CC(C)NC(=O)COC(=O)c1cc2c(s1)-c1ccccc1CC2. The van der Waals surface area contributed by atoms with Gasteiger partial charge in [-0.2, -0.15) is 0 Å². The Balaban J connectivity index is 1.72. The number of ether oxygens (including phenoxy) is 1. The van der Waals surface area contributed by atoms with E-state index >= 15 is 0 Å². The van der Waals surface area contributed by atoms with Gasteiger partial charge in [-0.25, -0.2) is 4.79 Å². The molecular formula is C18H19NO3S. The summed E-state index contributed by atoms with van der Waals surface area (Å²) >= 11 is 1.45. The Kier molecular flexibility index (Phi) is 4.48. The van der Waals surface area contributed by atoms with Crippen molar-refractivity contribution in [2.75, 3.05) is 6.61 Å². The second kappa shape index (κ2) is 6.54. The Bertz CT molecular complexity index is 748. The number of rotatable bonds is 4. The van der Waals surface area contributed by atoms with Crippen LogP contribution >= 0.6 is 11.3 Å². The lowest BCUT2D eigenvalue weighted by Gasteiger charge is -2.15. The fraction of sp³-hybridized carbons (Fsp3) is 0.333. The molecule has 0 radical (unpaired) electrons. The lowest BCUT2D eigenvalue weighted by molar-refractivity contribution is -0.124. The molecule has 5 heteroatoms. The number of hydrogen-bond acceptors (Lipinski definition) is 4. The average Bonchev–Trinajstić information content (AvgIpc) is 2.96. The minimum Gasteiger partial charge on any atom is -0.451 e. The molecule has 1 amide bonds. The number of carbonyl (C=O) groups is 2. The first-order valence-electron chi connectivity index (χ1n) is 7.72. The predicted molar refractivity (Wildman–Crippen MR) is 90.7 cm³/mol. The summed E-state index contributed by atoms with van der Waals surface area (Å²) in [6.07, 6.45) is 1.93. The summed E-state index contributed by atoms with van der Waals surface area (Å²) in [6.45, 7) is 3.49. The predicted octanol–water partition coefficient (Wildman–Crippen LogP) is 3.20. The molecular weight excluding hydrogens is 310 g/mol. The van der Waals surface area contributed by atoms with Crippen molar-refractivity contribution in [1.82, 2.24) is 5.32 Å². The molecule has 1 N–H and O–H groups in total. The van der Waals surface area contributed by atoms with Crippen LogP contribution in [-0.4, -0.2) is 24.5 Å². The highest BCUT2D eigenvalue weighted by atomic mass is 32.1. The monoisotopic (exact) mass is 329 g/mol. The highest BCUT2D eigenvalue weighted by molar-refractivity contribution is 7.17. The first kappa shape index (κ1) is 15.7. The van der Waals surface area contributed by atoms with Crippen molar-refractivity contribution in [2.24, 2.45) is 0 Å². The Hall–Kier alpha value is -2.14. The molecule has 4 nitrogen and oxygen atoms in total. The van der Waals surface area contributed by atoms with Gasteiger partial charge in [0.25, 0.3) is 5.91 Å². The Morgan fingerprint density at radius 1 is 1.22 bits per heavy atom. The molecule has 23 heavy (non-hydrogen) atoms. The van der Waals surface area contributed by atoms with Crippen LogP contribution in [0.1, 0.15) is 34.6 Å². The summed E-state index contributed by atoms with van der Waals surface area (Å²) in [7, 11) is 0. The van der Waals surface area contributed by atoms with E-state index in [-0.39, 0.29) is 18.6 Å². The number of carbonyl (C=O) groups excluding carboxylic acids is 2. The second-order valence-electron chi connectivity index (χ2n) is 5.92. The third kappa shape index (κ3) is 3.45. The molecule has 1 aromatic carbocycles. The smallest absolute Gasteiger partial charge is 0.348 e. The second-order valence-corrected chi connectivity index (χ2v) is 6.97. The Morgan fingerprint density at radius 3 is 2.74 bits per heavy atom. The van der Waals surface area contributed by atoms with Gasteiger partial charge in [0.15, 0.2) is 6.61 Å². The van der Waals surface area contributed by atoms with E-state index in [9.17, 15) is 9.59 Å². The van der Waals surface area contributed by atoms with E-state index in [0.29, 0.717) is 4.88 Å². The van der Waals surface area contributed by atoms with Crippen molar-refractivity contribution in [1.29, 1.82) is 0 Å². The van der Waals surface area contributed by atoms with E-state index in [1.54, 1.807) is 0 Å². The van der Waals surface area contributed by atoms with E-state index < -0.39 is 5.97 Å². The highest BCUT2D eigenvalue weighted by Gasteiger charge is 2.22. The maximum atomic E-state index is 12.2. The van der Waals surface area contributed by atoms with E-state index in [2.05, 4.69) is 17.4 Å². The van der Waals surface area contributed by atoms with Crippen LogP contribution in [0.5, 0.6) is 0 Å². The molecule has 0 saturated heterocycles. The molecule has 1 heterocycles. The normalized spacial score (nSPS) is 12.5. The third-order valence-electron chi connectivity index (χ3n) is 3.72. The zero-order chi connectivity index (χ0) is 16.4. The fourth-order valence-corrected chi connectivity index (χ4v) is 3.90. The number of aryl methyl sites for hydroxylation is 2. The van der Waals surface area contributed by atoms with Crippen LogP contribution in [0.15, 0.2) is 30.3 Å². The molecule has 0 aliphatic heterocycles. The van der Waals surface area contributed by atoms with Gasteiger partial charge in [-0.1, -0.05) is 24.3 Å². The topological polar surface area (TPSA) is 55.4 Å². The van der Waals surface area contributed by atoms with E-state index in [1.807, 2.05) is 32.0 Å². The summed E-state index contributed by atoms with van der Waals surface area (Å²) < 4.78 is 5.12. The van der Waals surface area contributed by atoms with Crippen molar-refractivity contribution in [3.8, 4) is 10.4 Å². The molecule has 2 aromatic rings. The fourth-order valence-electron chi connectivity index (χ4n) is 2.74. The van der Waals surface area contributed by atoms with Gasteiger partial charge in [0.1, 0.15) is 4.88 Å². The van der Waals surface area contributed by atoms with Crippen molar-refractivity contribution < 1.29 is 14.3 Å². The first-order chi connectivity index (χ1) is 11.0. The van der Waals surface area contributed by atoms with Crippen LogP contribution in [0.3, 0.4) is 0 Å². The Morgan fingerprint density at radius 2 is 1.96 bits per heavy atom. The van der Waals surface area contributed by atoms with Crippen LogP contribution in [0, 0.1) is 0 Å². The van der Waals surface area contributed by atoms with Gasteiger partial charge >= 0.3 is 5.97 Å². The Labute approximate surface area is 139 Å². The van der Waals surface area contributed by atoms with Crippen LogP contribution in [0.25, 0.3) is 10.4 Å². The molecule has 0 bridgehead atoms. The number of thiophene rings is 1. The number of fused-ring (bicyclic) bond motifs is 3. The van der Waals surface area contributed by atoms with Gasteiger partial charge < -0.3 is 10.1 Å². The van der Waals surface area contributed by atoms with Crippen LogP contribution in [-0.2, 0) is 22.4 Å². The van der Waals surface area contributed by atoms with Crippen molar-refractivity contribution in [2.45, 2.75) is 32.7 Å². The van der Waals surface area contributed by atoms with E-state index in [0.717, 1.165) is 17.7 Å². The van der Waals surface area contributed by atoms with E-state index in [4.69, 9.17) is 4.74 Å². The van der Waals surface area contributed by atoms with Gasteiger partial charge in [-0.05, 0) is 49.4 Å². The number of benzene rings is 1. The maximum absolute atomic E-state index is 12.2. The van der Waals surface area contributed by atoms with Gasteiger partial charge in [0, 0.05) is 10.9 Å². The lowest BCUT2D eigenvalue weighted by atomic mass is 9.91. The van der Waals surface area contributed by atoms with Crippen molar-refractivity contribution in [3.63, 3.8) is 0 Å². The van der Waals surface area contributed by atoms with Crippen LogP contribution < -0.4 is 5.32 Å². The molecule has 0 atom stereocenters. The molecule has 1 aliphatic carbocycles. The third-order valence-corrected chi connectivity index (χ3v) is 4.91. The zero-order valence-electron chi connectivity index (χ0n) is 13.2. The van der Waals surface area contributed by atoms with Crippen molar-refractivity contribution in [3.05, 3.63) is 46.3 Å². The van der Waals surface area contributed by atoms with Gasteiger partial charge in [-0.3, -0.25) is 4.79 Å². The molecule has 1 aliphatic rings. The van der Waals surface area contributed by atoms with Crippen molar-refractivity contribution >= 4 is 23.2 Å². The summed E-state index contributed by atoms with van der Waals surface area (Å²) in [6, 6.07) is 10.2. The standard InChI is InChI=1S/C18H19NO3S/c1-11(2)19-16(20)10-22-18(21)15-9-13-8-7-12-5-3-4-6-14(12)17(13)23-15/h3-6,9,11H,7-8,10H2,1-2H3,(H,19,20). The van der Waals surface area contributed by atoms with E-state index in [1.165, 1.54) is 28.0 Å². The zero-order valence-corrected chi connectivity index (χ0v) is 14.0. The summed E-state index contributed by atoms with van der Waals surface area (Å²) in [5.74, 6) is -0.708. The lowest BCUT2D eigenvalue weighted by Crippen LogP contribution is -2.33. The van der Waals surface area contributed by atoms with Gasteiger partial charge in [0.05, 0.1) is 0 Å². The molecule has 0 fully saturated rings. The van der Waals surface area contributed by atoms with Gasteiger partial charge in [-0.15, -0.1) is 11.3 Å². The summed E-state index contributed by atoms with van der Waals surface area (Å²) in [5.41, 5.74) is 3.71. The molecule has 0 spiro atoms. The number of esters is 1. The van der Waals surface area contributed by atoms with Crippen LogP contribution in [0.2, 0.25) is 0 Å². The van der Waals surface area contributed by atoms with Gasteiger partial charge in [0.2, 0.25) is 0 Å². The quantitative estimate of drug-likeness (QED) is 0.877. The molecule has 3 rings (SSSR count). The number of hydrogen-bond donors (Lipinski definition) is 1. The summed E-state index contributed by atoms with van der Waals surface area (Å²) in [4.78, 5) is 25.4. The molecule has 0 saturated carbocycles. The largest absolute Gasteiger partial charge is 0.451 e. The average molecular weight is 329 g/mol.